The third kappa shape index (κ3) is 7.70. The van der Waals surface area contributed by atoms with Crippen LogP contribution >= 0.6 is 0 Å². The predicted molar refractivity (Wildman–Crippen MR) is 51.9 cm³/mol. The molecule has 0 amide bonds. The zero-order valence-electron chi connectivity index (χ0n) is 7.73. The predicted octanol–water partition coefficient (Wildman–Crippen LogP) is 3.39. The van der Waals surface area contributed by atoms with E-state index < -0.39 is 8.07 Å². The van der Waals surface area contributed by atoms with Crippen molar-refractivity contribution in [3.63, 3.8) is 0 Å². The highest BCUT2D eigenvalue weighted by atomic mass is 28.3. The zero-order valence-corrected chi connectivity index (χ0v) is 8.73. The minimum atomic E-state index is -0.949. The molecule has 0 aromatic carbocycles. The molecule has 0 nitrogen and oxygen atoms in total. The molecule has 0 heterocycles. The van der Waals surface area contributed by atoms with Crippen LogP contribution in [-0.4, -0.2) is 8.07 Å². The minimum Gasteiger partial charge on any atom is -0.0950 e. The smallest absolute Gasteiger partial charge is 0.0687 e. The molecule has 0 spiro atoms. The van der Waals surface area contributed by atoms with Crippen LogP contribution in [0.15, 0.2) is 23.4 Å². The molecule has 58 valence electrons. The van der Waals surface area contributed by atoms with E-state index in [-0.39, 0.29) is 0 Å². The Morgan fingerprint density at radius 3 is 1.90 bits per heavy atom. The minimum absolute atomic E-state index is 0.949. The Hall–Kier alpha value is -0.303. The molecule has 0 fully saturated rings. The van der Waals surface area contributed by atoms with Gasteiger partial charge in [-0.15, -0.1) is 0 Å². The number of rotatable bonds is 2. The summed E-state index contributed by atoms with van der Waals surface area (Å²) in [7, 11) is -0.949. The summed E-state index contributed by atoms with van der Waals surface area (Å²) in [5.41, 5.74) is 3.72. The molecule has 0 atom stereocenters. The molecule has 0 bridgehead atoms. The third-order valence-electron chi connectivity index (χ3n) is 1.03. The zero-order chi connectivity index (χ0) is 8.20. The second kappa shape index (κ2) is 3.77. The second-order valence-corrected chi connectivity index (χ2v) is 9.03. The first-order valence-electron chi connectivity index (χ1n) is 3.74. The van der Waals surface area contributed by atoms with Crippen molar-refractivity contribution in [2.45, 2.75) is 33.5 Å². The largest absolute Gasteiger partial charge is 0.0950 e. The fourth-order valence-electron chi connectivity index (χ4n) is 0.529. The Kier molecular flexibility index (Phi) is 3.65. The summed E-state index contributed by atoms with van der Waals surface area (Å²) in [6.07, 6.45) is 4.35. The molecule has 0 unspecified atom stereocenters. The van der Waals surface area contributed by atoms with E-state index in [4.69, 9.17) is 0 Å². The topological polar surface area (TPSA) is 0 Å². The summed E-state index contributed by atoms with van der Waals surface area (Å²) < 4.78 is 0. The molecule has 0 aromatic heterocycles. The molecule has 0 saturated carbocycles. The summed E-state index contributed by atoms with van der Waals surface area (Å²) in [5.74, 6) is 0. The molecule has 0 aromatic rings. The van der Waals surface area contributed by atoms with Crippen molar-refractivity contribution in [3.05, 3.63) is 23.4 Å². The Balaban J connectivity index is 3.90. The highest BCUT2D eigenvalue weighted by Crippen LogP contribution is 2.02. The van der Waals surface area contributed by atoms with E-state index in [9.17, 15) is 0 Å². The molecule has 10 heavy (non-hydrogen) atoms. The summed E-state index contributed by atoms with van der Waals surface area (Å²) in [6.45, 7) is 11.2. The maximum atomic E-state index is 2.35. The number of hydrogen-bond acceptors (Lipinski definition) is 0. The van der Waals surface area contributed by atoms with E-state index in [1.807, 2.05) is 0 Å². The summed E-state index contributed by atoms with van der Waals surface area (Å²) in [5, 5.41) is 0. The van der Waals surface area contributed by atoms with Gasteiger partial charge in [0.2, 0.25) is 0 Å². The lowest BCUT2D eigenvalue weighted by atomic mass is 10.3. The molecule has 0 saturated heterocycles. The fourth-order valence-corrected chi connectivity index (χ4v) is 1.20. The number of hydrogen-bond donors (Lipinski definition) is 0. The third-order valence-corrected chi connectivity index (χ3v) is 2.22. The first-order chi connectivity index (χ1) is 4.42. The average Bonchev–Trinajstić information content (AvgIpc) is 1.59. The van der Waals surface area contributed by atoms with E-state index in [1.165, 1.54) is 5.57 Å². The van der Waals surface area contributed by atoms with Gasteiger partial charge >= 0.3 is 0 Å². The normalized spacial score (nSPS) is 12.1. The fraction of sp³-hybridized carbons (Fsp3) is 0.556. The molecule has 0 radical (unpaired) electrons. The average molecular weight is 154 g/mol. The Labute approximate surface area is 65.7 Å². The highest BCUT2D eigenvalue weighted by molar-refractivity contribution is 6.80. The van der Waals surface area contributed by atoms with Crippen LogP contribution in [0.2, 0.25) is 19.6 Å². The lowest BCUT2D eigenvalue weighted by Gasteiger charge is -2.06. The van der Waals surface area contributed by atoms with Crippen molar-refractivity contribution >= 4 is 8.07 Å². The van der Waals surface area contributed by atoms with E-state index in [2.05, 4.69) is 51.3 Å². The van der Waals surface area contributed by atoms with E-state index in [0.29, 0.717) is 0 Å². The Morgan fingerprint density at radius 2 is 1.60 bits per heavy atom. The van der Waals surface area contributed by atoms with Crippen LogP contribution in [-0.2, 0) is 0 Å². The van der Waals surface area contributed by atoms with Gasteiger partial charge in [-0.3, -0.25) is 0 Å². The second-order valence-electron chi connectivity index (χ2n) is 3.97. The maximum Gasteiger partial charge on any atom is 0.0687 e. The van der Waals surface area contributed by atoms with Gasteiger partial charge in [-0.25, -0.2) is 0 Å². The van der Waals surface area contributed by atoms with Crippen molar-refractivity contribution in [1.29, 1.82) is 0 Å². The van der Waals surface area contributed by atoms with Crippen LogP contribution in [0.25, 0.3) is 0 Å². The first-order valence-corrected chi connectivity index (χ1v) is 7.32. The van der Waals surface area contributed by atoms with Gasteiger partial charge in [-0.2, -0.15) is 0 Å². The lowest BCUT2D eigenvalue weighted by Crippen LogP contribution is -2.14. The Bertz CT molecular complexity index is 143. The van der Waals surface area contributed by atoms with Gasteiger partial charge in [-0.05, 0) is 13.8 Å². The van der Waals surface area contributed by atoms with Gasteiger partial charge < -0.3 is 0 Å². The molecule has 0 N–H and O–H groups in total. The van der Waals surface area contributed by atoms with Gasteiger partial charge in [0, 0.05) is 0 Å². The molecule has 0 aliphatic heterocycles. The first kappa shape index (κ1) is 9.70. The van der Waals surface area contributed by atoms with Crippen molar-refractivity contribution in [2.24, 2.45) is 0 Å². The number of allylic oxidation sites excluding steroid dienone is 3. The van der Waals surface area contributed by atoms with Gasteiger partial charge in [0.05, 0.1) is 8.07 Å². The van der Waals surface area contributed by atoms with Crippen molar-refractivity contribution in [2.75, 3.05) is 0 Å². The monoisotopic (exact) mass is 154 g/mol. The van der Waals surface area contributed by atoms with Crippen LogP contribution in [0.1, 0.15) is 13.8 Å². The molecule has 0 aliphatic rings. The van der Waals surface area contributed by atoms with Crippen LogP contribution in [0.5, 0.6) is 0 Å². The highest BCUT2D eigenvalue weighted by Gasteiger charge is 2.05. The van der Waals surface area contributed by atoms with E-state index >= 15 is 0 Å². The molecular weight excluding hydrogens is 136 g/mol. The van der Waals surface area contributed by atoms with Crippen molar-refractivity contribution in [3.8, 4) is 0 Å². The summed E-state index contributed by atoms with van der Waals surface area (Å²) >= 11 is 0. The molecule has 1 heteroatoms. The SMILES string of the molecule is CC(C)=C/C=C/[Si](C)(C)C. The van der Waals surface area contributed by atoms with Crippen LogP contribution in [0.4, 0.5) is 0 Å². The molecule has 0 rings (SSSR count). The molecule has 0 aliphatic carbocycles. The van der Waals surface area contributed by atoms with Crippen molar-refractivity contribution in [1.82, 2.24) is 0 Å². The van der Waals surface area contributed by atoms with Crippen molar-refractivity contribution < 1.29 is 0 Å². The van der Waals surface area contributed by atoms with E-state index in [1.54, 1.807) is 0 Å². The van der Waals surface area contributed by atoms with Gasteiger partial charge in [0.25, 0.3) is 0 Å². The van der Waals surface area contributed by atoms with Gasteiger partial charge in [0.1, 0.15) is 0 Å². The lowest BCUT2D eigenvalue weighted by molar-refractivity contribution is 1.39. The van der Waals surface area contributed by atoms with Crippen LogP contribution in [0, 0.1) is 0 Å². The molecular formula is C9H18Si. The van der Waals surface area contributed by atoms with Crippen LogP contribution in [0.3, 0.4) is 0 Å². The van der Waals surface area contributed by atoms with Gasteiger partial charge in [0.15, 0.2) is 0 Å². The standard InChI is InChI=1S/C9H18Si/c1-9(2)7-6-8-10(3,4)5/h6-8H,1-5H3/b8-6+. The van der Waals surface area contributed by atoms with Gasteiger partial charge in [-0.1, -0.05) is 43.1 Å². The Morgan fingerprint density at radius 1 is 1.10 bits per heavy atom. The van der Waals surface area contributed by atoms with Crippen LogP contribution < -0.4 is 0 Å². The summed E-state index contributed by atoms with van der Waals surface area (Å²) in [4.78, 5) is 0. The maximum absolute atomic E-state index is 2.35. The van der Waals surface area contributed by atoms with E-state index in [0.717, 1.165) is 0 Å². The quantitative estimate of drug-likeness (QED) is 0.422. The summed E-state index contributed by atoms with van der Waals surface area (Å²) in [6, 6.07) is 0.